The second-order valence-electron chi connectivity index (χ2n) is 4.94. The number of hydrogen-bond acceptors (Lipinski definition) is 4. The molecule has 0 heterocycles. The number of nitrogen functional groups attached to an aromatic ring is 1. The molecule has 5 nitrogen and oxygen atoms in total. The van der Waals surface area contributed by atoms with E-state index in [0.29, 0.717) is 6.42 Å². The highest BCUT2D eigenvalue weighted by atomic mass is 32.2. The summed E-state index contributed by atoms with van der Waals surface area (Å²) in [5.74, 6) is -0.835. The van der Waals surface area contributed by atoms with E-state index in [1.165, 1.54) is 16.4 Å². The third-order valence-electron chi connectivity index (χ3n) is 3.58. The van der Waals surface area contributed by atoms with Crippen molar-refractivity contribution in [2.45, 2.75) is 36.6 Å². The van der Waals surface area contributed by atoms with Crippen LogP contribution < -0.4 is 5.73 Å². The lowest BCUT2D eigenvalue weighted by molar-refractivity contribution is 0.198. The van der Waals surface area contributed by atoms with Crippen LogP contribution in [0.1, 0.15) is 25.7 Å². The third kappa shape index (κ3) is 2.79. The zero-order valence-corrected chi connectivity index (χ0v) is 11.9. The minimum Gasteiger partial charge on any atom is -0.398 e. The summed E-state index contributed by atoms with van der Waals surface area (Å²) in [5, 5.41) is 8.91. The maximum Gasteiger partial charge on any atom is 0.248 e. The molecule has 1 aliphatic carbocycles. The van der Waals surface area contributed by atoms with Gasteiger partial charge < -0.3 is 10.8 Å². The first-order valence-electron chi connectivity index (χ1n) is 6.65. The van der Waals surface area contributed by atoms with E-state index in [4.69, 9.17) is 10.8 Å². The first-order valence-corrected chi connectivity index (χ1v) is 8.09. The number of nitrogens with zero attached hydrogens (tertiary/aromatic N) is 1. The normalized spacial score (nSPS) is 16.4. The highest BCUT2D eigenvalue weighted by Gasteiger charge is 2.36. The molecule has 0 atom stereocenters. The number of nitrogens with two attached hydrogens (primary N) is 1. The standard InChI is InChI=1S/C13H19FN2O3S/c14-11-6-2-7-12(15)13(11)20(18,19)16(8-3-9-17)10-4-1-5-10/h2,6-7,10,17H,1,3-5,8-9,15H2. The lowest BCUT2D eigenvalue weighted by atomic mass is 9.93. The molecule has 0 saturated heterocycles. The van der Waals surface area contributed by atoms with Gasteiger partial charge in [0.25, 0.3) is 0 Å². The van der Waals surface area contributed by atoms with Gasteiger partial charge in [-0.25, -0.2) is 12.8 Å². The van der Waals surface area contributed by atoms with E-state index in [0.717, 1.165) is 25.3 Å². The molecule has 7 heteroatoms. The Bertz CT molecular complexity index is 553. The molecule has 0 unspecified atom stereocenters. The van der Waals surface area contributed by atoms with Crippen LogP contribution in [0.4, 0.5) is 10.1 Å². The smallest absolute Gasteiger partial charge is 0.248 e. The van der Waals surface area contributed by atoms with Crippen molar-refractivity contribution in [2.24, 2.45) is 0 Å². The predicted octanol–water partition coefficient (Wildman–Crippen LogP) is 1.33. The molecule has 1 saturated carbocycles. The summed E-state index contributed by atoms with van der Waals surface area (Å²) in [6, 6.07) is 3.73. The average molecular weight is 302 g/mol. The van der Waals surface area contributed by atoms with Gasteiger partial charge in [0.05, 0.1) is 5.69 Å². The number of hydrogen-bond donors (Lipinski definition) is 2. The van der Waals surface area contributed by atoms with Crippen LogP contribution in [0.2, 0.25) is 0 Å². The predicted molar refractivity (Wildman–Crippen MR) is 74.0 cm³/mol. The Morgan fingerprint density at radius 1 is 1.40 bits per heavy atom. The van der Waals surface area contributed by atoms with Crippen molar-refractivity contribution in [2.75, 3.05) is 18.9 Å². The van der Waals surface area contributed by atoms with Crippen LogP contribution in [0.15, 0.2) is 23.1 Å². The fraction of sp³-hybridized carbons (Fsp3) is 0.538. The molecule has 112 valence electrons. The summed E-state index contributed by atoms with van der Waals surface area (Å²) >= 11 is 0. The zero-order chi connectivity index (χ0) is 14.8. The Hall–Kier alpha value is -1.18. The summed E-state index contributed by atoms with van der Waals surface area (Å²) in [7, 11) is -3.97. The number of rotatable bonds is 6. The lowest BCUT2D eigenvalue weighted by Crippen LogP contribution is -2.45. The Labute approximate surface area is 118 Å². The number of benzene rings is 1. The fourth-order valence-corrected chi connectivity index (χ4v) is 4.20. The molecule has 1 aromatic carbocycles. The first kappa shape index (κ1) is 15.2. The van der Waals surface area contributed by atoms with E-state index in [2.05, 4.69) is 0 Å². The second-order valence-corrected chi connectivity index (χ2v) is 6.76. The largest absolute Gasteiger partial charge is 0.398 e. The van der Waals surface area contributed by atoms with Crippen LogP contribution in [-0.4, -0.2) is 37.0 Å². The van der Waals surface area contributed by atoms with E-state index in [1.54, 1.807) is 0 Å². The maximum atomic E-state index is 13.9. The van der Waals surface area contributed by atoms with Gasteiger partial charge in [0.15, 0.2) is 0 Å². The monoisotopic (exact) mass is 302 g/mol. The minimum atomic E-state index is -3.97. The van der Waals surface area contributed by atoms with Crippen molar-refractivity contribution >= 4 is 15.7 Å². The lowest BCUT2D eigenvalue weighted by Gasteiger charge is -2.36. The zero-order valence-electron chi connectivity index (χ0n) is 11.1. The SMILES string of the molecule is Nc1cccc(F)c1S(=O)(=O)N(CCCO)C1CCC1. The van der Waals surface area contributed by atoms with Gasteiger partial charge >= 0.3 is 0 Å². The summed E-state index contributed by atoms with van der Waals surface area (Å²) < 4.78 is 40.4. The Morgan fingerprint density at radius 2 is 2.10 bits per heavy atom. The van der Waals surface area contributed by atoms with E-state index < -0.39 is 20.7 Å². The van der Waals surface area contributed by atoms with Gasteiger partial charge in [-0.1, -0.05) is 12.5 Å². The fourth-order valence-electron chi connectivity index (χ4n) is 2.32. The number of sulfonamides is 1. The molecule has 2 rings (SSSR count). The number of halogens is 1. The van der Waals surface area contributed by atoms with Crippen LogP contribution in [0.3, 0.4) is 0 Å². The summed E-state index contributed by atoms with van der Waals surface area (Å²) in [6.45, 7) is 0.0722. The molecule has 0 radical (unpaired) electrons. The van der Waals surface area contributed by atoms with Crippen molar-refractivity contribution in [1.82, 2.24) is 4.31 Å². The first-order chi connectivity index (χ1) is 9.48. The quantitative estimate of drug-likeness (QED) is 0.777. The maximum absolute atomic E-state index is 13.9. The van der Waals surface area contributed by atoms with Crippen molar-refractivity contribution in [3.8, 4) is 0 Å². The van der Waals surface area contributed by atoms with Crippen molar-refractivity contribution in [3.05, 3.63) is 24.0 Å². The Morgan fingerprint density at radius 3 is 2.60 bits per heavy atom. The number of aliphatic hydroxyl groups excluding tert-OH is 1. The highest BCUT2D eigenvalue weighted by Crippen LogP contribution is 2.33. The molecule has 0 bridgehead atoms. The Balaban J connectivity index is 2.39. The van der Waals surface area contributed by atoms with Gasteiger partial charge in [-0.2, -0.15) is 4.31 Å². The van der Waals surface area contributed by atoms with Gasteiger partial charge in [-0.3, -0.25) is 0 Å². The molecule has 0 aliphatic heterocycles. The summed E-state index contributed by atoms with van der Waals surface area (Å²) in [6.07, 6.45) is 2.81. The third-order valence-corrected chi connectivity index (χ3v) is 5.63. The van der Waals surface area contributed by atoms with E-state index in [-0.39, 0.29) is 24.9 Å². The molecule has 1 fully saturated rings. The van der Waals surface area contributed by atoms with Crippen LogP contribution in [0.25, 0.3) is 0 Å². The molecule has 3 N–H and O–H groups in total. The second kappa shape index (κ2) is 6.07. The van der Waals surface area contributed by atoms with Gasteiger partial charge in [-0.15, -0.1) is 0 Å². The van der Waals surface area contributed by atoms with E-state index in [9.17, 15) is 12.8 Å². The molecule has 0 amide bonds. The van der Waals surface area contributed by atoms with Gasteiger partial charge in [0.2, 0.25) is 10.0 Å². The Kier molecular flexibility index (Phi) is 4.62. The number of aliphatic hydroxyl groups is 1. The van der Waals surface area contributed by atoms with Crippen molar-refractivity contribution < 1.29 is 17.9 Å². The van der Waals surface area contributed by atoms with Crippen LogP contribution in [0, 0.1) is 5.82 Å². The van der Waals surface area contributed by atoms with Crippen molar-refractivity contribution in [3.63, 3.8) is 0 Å². The van der Waals surface area contributed by atoms with Gasteiger partial charge in [0.1, 0.15) is 10.7 Å². The van der Waals surface area contributed by atoms with Crippen LogP contribution >= 0.6 is 0 Å². The average Bonchev–Trinajstić information content (AvgIpc) is 2.31. The molecule has 1 aromatic rings. The molecular weight excluding hydrogens is 283 g/mol. The minimum absolute atomic E-state index is 0.0849. The van der Waals surface area contributed by atoms with E-state index >= 15 is 0 Å². The van der Waals surface area contributed by atoms with Crippen molar-refractivity contribution in [1.29, 1.82) is 0 Å². The topological polar surface area (TPSA) is 83.6 Å². The van der Waals surface area contributed by atoms with Crippen LogP contribution in [-0.2, 0) is 10.0 Å². The molecule has 0 aromatic heterocycles. The van der Waals surface area contributed by atoms with Gasteiger partial charge in [0, 0.05) is 19.2 Å². The van der Waals surface area contributed by atoms with E-state index in [1.807, 2.05) is 0 Å². The highest BCUT2D eigenvalue weighted by molar-refractivity contribution is 7.89. The summed E-state index contributed by atoms with van der Waals surface area (Å²) in [4.78, 5) is -0.454. The molecule has 0 spiro atoms. The molecular formula is C13H19FN2O3S. The van der Waals surface area contributed by atoms with Crippen LogP contribution in [0.5, 0.6) is 0 Å². The molecule has 20 heavy (non-hydrogen) atoms. The summed E-state index contributed by atoms with van der Waals surface area (Å²) in [5.41, 5.74) is 5.55. The number of anilines is 1. The van der Waals surface area contributed by atoms with Gasteiger partial charge in [-0.05, 0) is 31.4 Å². The molecule has 1 aliphatic rings.